The van der Waals surface area contributed by atoms with E-state index in [2.05, 4.69) is 80.7 Å². The summed E-state index contributed by atoms with van der Waals surface area (Å²) in [5, 5.41) is 11.7. The van der Waals surface area contributed by atoms with Crippen molar-refractivity contribution >= 4 is 17.9 Å². The van der Waals surface area contributed by atoms with Crippen LogP contribution in [-0.2, 0) is 28.6 Å². The van der Waals surface area contributed by atoms with Crippen LogP contribution >= 0.6 is 0 Å². The average molecular weight is 868 g/mol. The van der Waals surface area contributed by atoms with Gasteiger partial charge in [0, 0.05) is 19.3 Å². The Hall–Kier alpha value is -3.23. The number of carbonyl (C=O) groups is 3. The lowest BCUT2D eigenvalue weighted by molar-refractivity contribution is -0.889. The van der Waals surface area contributed by atoms with E-state index in [9.17, 15) is 19.5 Å². The van der Waals surface area contributed by atoms with E-state index >= 15 is 0 Å². The first-order chi connectivity index (χ1) is 30.1. The van der Waals surface area contributed by atoms with Crippen molar-refractivity contribution < 1.29 is 38.2 Å². The van der Waals surface area contributed by atoms with Gasteiger partial charge in [-0.05, 0) is 64.2 Å². The molecule has 0 N–H and O–H groups in total. The van der Waals surface area contributed by atoms with E-state index in [0.717, 1.165) is 64.2 Å². The molecule has 0 aliphatic carbocycles. The second-order valence-electron chi connectivity index (χ2n) is 17.8. The number of likely N-dealkylation sites (N-methyl/N-ethyl adjacent to an activating group) is 1. The minimum absolute atomic E-state index is 0.0268. The fourth-order valence-corrected chi connectivity index (χ4v) is 7.01. The van der Waals surface area contributed by atoms with Crippen molar-refractivity contribution in [2.45, 2.75) is 212 Å². The quantitative estimate of drug-likeness (QED) is 0.0260. The smallest absolute Gasteiger partial charge is 0.306 e. The maximum Gasteiger partial charge on any atom is 0.306 e. The molecule has 0 saturated carbocycles. The highest BCUT2D eigenvalue weighted by molar-refractivity contribution is 5.70. The summed E-state index contributed by atoms with van der Waals surface area (Å²) in [6.45, 7) is 4.58. The van der Waals surface area contributed by atoms with Crippen LogP contribution in [0.15, 0.2) is 72.9 Å². The number of carboxylic acids is 1. The van der Waals surface area contributed by atoms with Gasteiger partial charge in [-0.1, -0.05) is 189 Å². The number of unbranched alkanes of at least 4 members (excludes halogenated alkanes) is 22. The number of esters is 2. The molecule has 0 aromatic carbocycles. The van der Waals surface area contributed by atoms with Crippen LogP contribution in [0.2, 0.25) is 0 Å². The average Bonchev–Trinajstić information content (AvgIpc) is 3.23. The molecule has 2 unspecified atom stereocenters. The van der Waals surface area contributed by atoms with Crippen LogP contribution in [0.3, 0.4) is 0 Å². The Morgan fingerprint density at radius 1 is 0.484 bits per heavy atom. The van der Waals surface area contributed by atoms with E-state index in [1.807, 2.05) is 6.08 Å². The number of hydrogen-bond donors (Lipinski definition) is 0. The number of rotatable bonds is 44. The summed E-state index contributed by atoms with van der Waals surface area (Å²) in [4.78, 5) is 37.0. The van der Waals surface area contributed by atoms with Gasteiger partial charge < -0.3 is 28.6 Å². The Kier molecular flexibility index (Phi) is 42.1. The number of carboxylic acid groups (broad SMARTS) is 1. The minimum atomic E-state index is -1.13. The normalized spacial score (nSPS) is 13.5. The van der Waals surface area contributed by atoms with Crippen LogP contribution in [0.5, 0.6) is 0 Å². The zero-order valence-electron chi connectivity index (χ0n) is 40.5. The third-order valence-electron chi connectivity index (χ3n) is 10.9. The number of aliphatic carboxylic acids is 1. The standard InChI is InChI=1S/C54H93NO7/c1-6-8-10-12-14-16-18-20-22-24-26-27-29-30-32-34-36-38-40-42-44-52(56)61-49-50(48-60-47-46-51(54(58)59)55(3,4)5)62-53(57)45-43-41-39-37-35-33-31-28-25-23-21-19-17-15-13-11-9-7-2/h15-23,25,28,31,50-51H,6-14,24,26-27,29-30,32-49H2,1-5H3/b17-15+,18-16+,21-19+,22-20+,25-23+,31-28+. The summed E-state index contributed by atoms with van der Waals surface area (Å²) >= 11 is 0. The molecule has 0 amide bonds. The number of hydrogen-bond acceptors (Lipinski definition) is 7. The molecule has 356 valence electrons. The van der Waals surface area contributed by atoms with Crippen molar-refractivity contribution in [3.63, 3.8) is 0 Å². The molecule has 0 spiro atoms. The molecule has 0 fully saturated rings. The van der Waals surface area contributed by atoms with Gasteiger partial charge in [0.05, 0.1) is 40.3 Å². The molecule has 0 rings (SSSR count). The van der Waals surface area contributed by atoms with Crippen molar-refractivity contribution in [2.24, 2.45) is 0 Å². The first-order valence-corrected chi connectivity index (χ1v) is 25.0. The Morgan fingerprint density at radius 2 is 0.855 bits per heavy atom. The Bertz CT molecular complexity index is 1240. The van der Waals surface area contributed by atoms with Gasteiger partial charge in [-0.25, -0.2) is 0 Å². The molecule has 0 saturated heterocycles. The van der Waals surface area contributed by atoms with Gasteiger partial charge in [-0.2, -0.15) is 0 Å². The summed E-state index contributed by atoms with van der Waals surface area (Å²) in [7, 11) is 5.40. The van der Waals surface area contributed by atoms with E-state index < -0.39 is 18.1 Å². The molecule has 0 heterocycles. The molecule has 0 aromatic rings. The number of carbonyl (C=O) groups excluding carboxylic acids is 3. The number of allylic oxidation sites excluding steroid dienone is 12. The van der Waals surface area contributed by atoms with Gasteiger partial charge in [-0.15, -0.1) is 0 Å². The largest absolute Gasteiger partial charge is 0.544 e. The van der Waals surface area contributed by atoms with Crippen LogP contribution < -0.4 is 5.11 Å². The molecule has 0 bridgehead atoms. The van der Waals surface area contributed by atoms with E-state index in [-0.39, 0.29) is 42.7 Å². The molecule has 8 heteroatoms. The predicted octanol–water partition coefficient (Wildman–Crippen LogP) is 13.0. The zero-order valence-corrected chi connectivity index (χ0v) is 40.5. The minimum Gasteiger partial charge on any atom is -0.544 e. The maximum absolute atomic E-state index is 12.8. The highest BCUT2D eigenvalue weighted by Gasteiger charge is 2.25. The van der Waals surface area contributed by atoms with Gasteiger partial charge in [0.15, 0.2) is 6.10 Å². The van der Waals surface area contributed by atoms with Gasteiger partial charge >= 0.3 is 11.9 Å². The Balaban J connectivity index is 4.33. The van der Waals surface area contributed by atoms with Crippen LogP contribution in [0, 0.1) is 0 Å². The van der Waals surface area contributed by atoms with E-state index in [4.69, 9.17) is 14.2 Å². The molecule has 62 heavy (non-hydrogen) atoms. The van der Waals surface area contributed by atoms with Crippen molar-refractivity contribution in [3.05, 3.63) is 72.9 Å². The molecule has 0 aliphatic heterocycles. The predicted molar refractivity (Wildman–Crippen MR) is 259 cm³/mol. The SMILES string of the molecule is CCCCC/C=C/C=C/C=C/C=C/CCCCCCCC(=O)OC(COCCC(C(=O)[O-])[N+](C)(C)C)COC(=O)CCCCCCCCCCCC/C=C/C=C/CCCCCC. The van der Waals surface area contributed by atoms with E-state index in [0.29, 0.717) is 12.8 Å². The van der Waals surface area contributed by atoms with Gasteiger partial charge in [0.2, 0.25) is 0 Å². The lowest BCUT2D eigenvalue weighted by Crippen LogP contribution is -2.55. The highest BCUT2D eigenvalue weighted by Crippen LogP contribution is 2.14. The summed E-state index contributed by atoms with van der Waals surface area (Å²) < 4.78 is 17.2. The monoisotopic (exact) mass is 868 g/mol. The highest BCUT2D eigenvalue weighted by atomic mass is 16.6. The topological polar surface area (TPSA) is 102 Å². The first kappa shape index (κ1) is 58.8. The number of nitrogens with zero attached hydrogens (tertiary/aromatic N) is 1. The molecule has 0 aromatic heterocycles. The van der Waals surface area contributed by atoms with Gasteiger partial charge in [-0.3, -0.25) is 9.59 Å². The zero-order chi connectivity index (χ0) is 45.6. The summed E-state index contributed by atoms with van der Waals surface area (Å²) in [6.07, 6.45) is 56.3. The number of ether oxygens (including phenoxy) is 3. The van der Waals surface area contributed by atoms with Crippen molar-refractivity contribution in [1.82, 2.24) is 0 Å². The summed E-state index contributed by atoms with van der Waals surface area (Å²) in [5.41, 5.74) is 0. The summed E-state index contributed by atoms with van der Waals surface area (Å²) in [5.74, 6) is -1.77. The molecule has 8 nitrogen and oxygen atoms in total. The van der Waals surface area contributed by atoms with Crippen molar-refractivity contribution in [3.8, 4) is 0 Å². The first-order valence-electron chi connectivity index (χ1n) is 25.0. The van der Waals surface area contributed by atoms with Crippen LogP contribution in [0.4, 0.5) is 0 Å². The second kappa shape index (κ2) is 44.4. The van der Waals surface area contributed by atoms with Crippen LogP contribution in [0.25, 0.3) is 0 Å². The molecule has 0 aliphatic rings. The maximum atomic E-state index is 12.8. The lowest BCUT2D eigenvalue weighted by Gasteiger charge is -2.34. The van der Waals surface area contributed by atoms with E-state index in [1.54, 1.807) is 21.1 Å². The van der Waals surface area contributed by atoms with Crippen molar-refractivity contribution in [1.29, 1.82) is 0 Å². The summed E-state index contributed by atoms with van der Waals surface area (Å²) in [6, 6.07) is -0.735. The van der Waals surface area contributed by atoms with Crippen LogP contribution in [-0.4, -0.2) is 75.5 Å². The third-order valence-corrected chi connectivity index (χ3v) is 10.9. The molecule has 0 radical (unpaired) electrons. The number of quaternary nitrogens is 1. The van der Waals surface area contributed by atoms with Gasteiger partial charge in [0.25, 0.3) is 0 Å². The van der Waals surface area contributed by atoms with Crippen LogP contribution in [0.1, 0.15) is 200 Å². The fraction of sp³-hybridized carbons (Fsp3) is 0.722. The lowest BCUT2D eigenvalue weighted by atomic mass is 10.1. The van der Waals surface area contributed by atoms with Gasteiger partial charge in [0.1, 0.15) is 12.6 Å². The third kappa shape index (κ3) is 42.1. The second-order valence-corrected chi connectivity index (χ2v) is 17.8. The van der Waals surface area contributed by atoms with E-state index in [1.165, 1.54) is 103 Å². The molecule has 2 atom stereocenters. The van der Waals surface area contributed by atoms with Crippen molar-refractivity contribution in [2.75, 3.05) is 41.0 Å². The molecular formula is C54H93NO7. The molecular weight excluding hydrogens is 775 g/mol. The fourth-order valence-electron chi connectivity index (χ4n) is 7.01. The Morgan fingerprint density at radius 3 is 1.31 bits per heavy atom. The Labute approximate surface area is 381 Å².